The Morgan fingerprint density at radius 2 is 1.80 bits per heavy atom. The number of esters is 1. The minimum Gasteiger partial charge on any atom is -0.466 e. The molecule has 41 heavy (non-hydrogen) atoms. The van der Waals surface area contributed by atoms with Crippen LogP contribution >= 0.6 is 0 Å². The van der Waals surface area contributed by atoms with Gasteiger partial charge in [-0.2, -0.15) is 0 Å². The lowest BCUT2D eigenvalue weighted by atomic mass is 9.97. The Bertz CT molecular complexity index is 1320. The number of hydrogen-bond acceptors (Lipinski definition) is 11. The van der Waals surface area contributed by atoms with Gasteiger partial charge < -0.3 is 19.8 Å². The molecule has 2 N–H and O–H groups in total. The lowest BCUT2D eigenvalue weighted by Crippen LogP contribution is -2.27. The summed E-state index contributed by atoms with van der Waals surface area (Å²) >= 11 is 0. The normalized spacial score (nSPS) is 13.3. The van der Waals surface area contributed by atoms with E-state index in [1.54, 1.807) is 6.08 Å². The van der Waals surface area contributed by atoms with Crippen molar-refractivity contribution in [3.63, 3.8) is 0 Å². The standard InChI is InChI=1S/C26H35FN4O9S/c1-17(2)24-22(12-11-20(32)15-21(33)16-23(34)39-13-5-6-14-40-31(35)36)25(18-7-9-19(27)10-8-18)29-26(28-24)30(3)41(4,37)38/h7-12,17,20-21,32-33H,5-6,13-16H2,1-4H3/b12-11+/t20-,21-/m1/s1. The second kappa shape index (κ2) is 15.3. The molecule has 0 bridgehead atoms. The Balaban J connectivity index is 2.20. The summed E-state index contributed by atoms with van der Waals surface area (Å²) in [5, 5.41) is 30.0. The van der Waals surface area contributed by atoms with E-state index in [0.717, 1.165) is 10.6 Å². The molecule has 0 aliphatic carbocycles. The number of aromatic nitrogens is 2. The lowest BCUT2D eigenvalue weighted by Gasteiger charge is -2.20. The van der Waals surface area contributed by atoms with Crippen LogP contribution in [-0.4, -0.2) is 78.4 Å². The van der Waals surface area contributed by atoms with E-state index in [4.69, 9.17) is 4.74 Å². The molecule has 0 fully saturated rings. The molecule has 0 amide bonds. The van der Waals surface area contributed by atoms with E-state index in [0.29, 0.717) is 35.4 Å². The summed E-state index contributed by atoms with van der Waals surface area (Å²) in [7, 11) is -2.37. The molecule has 0 aliphatic heterocycles. The largest absolute Gasteiger partial charge is 0.466 e. The molecule has 0 aliphatic rings. The van der Waals surface area contributed by atoms with Crippen molar-refractivity contribution in [2.24, 2.45) is 0 Å². The second-order valence-electron chi connectivity index (χ2n) is 9.57. The summed E-state index contributed by atoms with van der Waals surface area (Å²) in [6, 6.07) is 5.46. The fourth-order valence-electron chi connectivity index (χ4n) is 3.62. The smallest absolute Gasteiger partial charge is 0.308 e. The van der Waals surface area contributed by atoms with Crippen LogP contribution in [0, 0.1) is 15.9 Å². The van der Waals surface area contributed by atoms with E-state index < -0.39 is 39.1 Å². The number of hydrogen-bond donors (Lipinski definition) is 2. The van der Waals surface area contributed by atoms with Crippen molar-refractivity contribution < 1.29 is 42.5 Å². The molecule has 1 heterocycles. The van der Waals surface area contributed by atoms with Crippen molar-refractivity contribution in [1.82, 2.24) is 9.97 Å². The van der Waals surface area contributed by atoms with Gasteiger partial charge in [0.15, 0.2) is 0 Å². The Morgan fingerprint density at radius 3 is 2.39 bits per heavy atom. The number of halogens is 1. The van der Waals surface area contributed by atoms with Crippen molar-refractivity contribution in [3.8, 4) is 11.3 Å². The monoisotopic (exact) mass is 598 g/mol. The van der Waals surface area contributed by atoms with Crippen LogP contribution in [0.15, 0.2) is 30.3 Å². The first-order valence-electron chi connectivity index (χ1n) is 12.8. The number of anilines is 1. The minimum atomic E-state index is -3.68. The highest BCUT2D eigenvalue weighted by atomic mass is 32.2. The molecule has 2 atom stereocenters. The number of carbonyl (C=O) groups is 1. The molecular formula is C26H35FN4O9S. The number of ether oxygens (including phenoxy) is 1. The van der Waals surface area contributed by atoms with Crippen LogP contribution in [-0.2, 0) is 24.4 Å². The van der Waals surface area contributed by atoms with E-state index in [1.807, 2.05) is 13.8 Å². The first kappa shape index (κ1) is 33.5. The molecule has 0 spiro atoms. The second-order valence-corrected chi connectivity index (χ2v) is 11.6. The zero-order valence-corrected chi connectivity index (χ0v) is 24.1. The maximum absolute atomic E-state index is 13.6. The summed E-state index contributed by atoms with van der Waals surface area (Å²) in [6.07, 6.45) is 1.64. The van der Waals surface area contributed by atoms with E-state index in [2.05, 4.69) is 14.8 Å². The average molecular weight is 599 g/mol. The highest BCUT2D eigenvalue weighted by molar-refractivity contribution is 7.92. The van der Waals surface area contributed by atoms with Gasteiger partial charge in [0.2, 0.25) is 16.0 Å². The predicted octanol–water partition coefficient (Wildman–Crippen LogP) is 2.85. The van der Waals surface area contributed by atoms with E-state index in [9.17, 15) is 37.9 Å². The maximum atomic E-state index is 13.6. The number of aliphatic hydroxyl groups excluding tert-OH is 2. The Labute approximate surface area is 237 Å². The van der Waals surface area contributed by atoms with Crippen LogP contribution in [0.3, 0.4) is 0 Å². The van der Waals surface area contributed by atoms with Crippen molar-refractivity contribution in [2.75, 3.05) is 30.8 Å². The molecule has 1 aromatic carbocycles. The molecule has 0 radical (unpaired) electrons. The Morgan fingerprint density at radius 1 is 1.17 bits per heavy atom. The average Bonchev–Trinajstić information content (AvgIpc) is 2.88. The topological polar surface area (TPSA) is 182 Å². The predicted molar refractivity (Wildman–Crippen MR) is 148 cm³/mol. The van der Waals surface area contributed by atoms with Gasteiger partial charge in [-0.15, -0.1) is 10.1 Å². The summed E-state index contributed by atoms with van der Waals surface area (Å²) < 4.78 is 43.9. The highest BCUT2D eigenvalue weighted by Crippen LogP contribution is 2.31. The van der Waals surface area contributed by atoms with Gasteiger partial charge >= 0.3 is 5.97 Å². The van der Waals surface area contributed by atoms with Gasteiger partial charge in [-0.05, 0) is 43.0 Å². The van der Waals surface area contributed by atoms with Gasteiger partial charge in [-0.25, -0.2) is 27.1 Å². The van der Waals surface area contributed by atoms with Gasteiger partial charge in [0, 0.05) is 24.6 Å². The third-order valence-corrected chi connectivity index (χ3v) is 6.96. The van der Waals surface area contributed by atoms with Crippen LogP contribution < -0.4 is 4.31 Å². The number of sulfonamides is 1. The van der Waals surface area contributed by atoms with E-state index >= 15 is 0 Å². The summed E-state index contributed by atoms with van der Waals surface area (Å²) in [6.45, 7) is 3.58. The zero-order chi connectivity index (χ0) is 30.7. The van der Waals surface area contributed by atoms with Crippen molar-refractivity contribution in [1.29, 1.82) is 0 Å². The zero-order valence-electron chi connectivity index (χ0n) is 23.3. The number of rotatable bonds is 16. The molecule has 13 nitrogen and oxygen atoms in total. The molecule has 0 saturated carbocycles. The minimum absolute atomic E-state index is 0.00371. The highest BCUT2D eigenvalue weighted by Gasteiger charge is 2.23. The number of aliphatic hydroxyl groups is 2. The first-order valence-corrected chi connectivity index (χ1v) is 14.6. The van der Waals surface area contributed by atoms with Gasteiger partial charge in [-0.1, -0.05) is 26.0 Å². The van der Waals surface area contributed by atoms with Crippen LogP contribution in [0.2, 0.25) is 0 Å². The lowest BCUT2D eigenvalue weighted by molar-refractivity contribution is -0.757. The maximum Gasteiger partial charge on any atom is 0.308 e. The van der Waals surface area contributed by atoms with E-state index in [1.165, 1.54) is 37.4 Å². The Hall–Kier alpha value is -3.69. The van der Waals surface area contributed by atoms with Crippen molar-refractivity contribution >= 4 is 28.0 Å². The number of unbranched alkanes of at least 4 members (excludes halogenated alkanes) is 1. The number of benzene rings is 1. The summed E-state index contributed by atoms with van der Waals surface area (Å²) in [5.41, 5.74) is 1.73. The van der Waals surface area contributed by atoms with Crippen LogP contribution in [0.1, 0.15) is 56.7 Å². The fraction of sp³-hybridized carbons (Fsp3) is 0.500. The third kappa shape index (κ3) is 11.0. The van der Waals surface area contributed by atoms with E-state index in [-0.39, 0.29) is 37.9 Å². The molecule has 226 valence electrons. The fourth-order valence-corrected chi connectivity index (χ4v) is 4.00. The van der Waals surface area contributed by atoms with Gasteiger partial charge in [0.1, 0.15) is 5.82 Å². The molecule has 2 rings (SSSR count). The van der Waals surface area contributed by atoms with Crippen LogP contribution in [0.5, 0.6) is 0 Å². The van der Waals surface area contributed by atoms with Gasteiger partial charge in [0.25, 0.3) is 5.09 Å². The molecule has 0 saturated heterocycles. The van der Waals surface area contributed by atoms with Gasteiger partial charge in [0.05, 0.1) is 49.5 Å². The summed E-state index contributed by atoms with van der Waals surface area (Å²) in [4.78, 5) is 35.1. The molecule has 1 aromatic heterocycles. The number of nitrogens with zero attached hydrogens (tertiary/aromatic N) is 4. The van der Waals surface area contributed by atoms with Gasteiger partial charge in [-0.3, -0.25) is 4.79 Å². The molecule has 2 aromatic rings. The van der Waals surface area contributed by atoms with Crippen molar-refractivity contribution in [3.05, 3.63) is 57.5 Å². The van der Waals surface area contributed by atoms with Crippen molar-refractivity contribution in [2.45, 2.75) is 57.7 Å². The molecular weight excluding hydrogens is 563 g/mol. The summed E-state index contributed by atoms with van der Waals surface area (Å²) in [5.74, 6) is -1.44. The quantitative estimate of drug-likeness (QED) is 0.125. The third-order valence-electron chi connectivity index (χ3n) is 5.81. The first-order chi connectivity index (χ1) is 19.2. The SMILES string of the molecule is CC(C)c1nc(N(C)S(C)(=O)=O)nc(-c2ccc(F)cc2)c1/C=C/[C@@H](O)C[C@@H](O)CC(=O)OCCCCO[N+](=O)[O-]. The Kier molecular flexibility index (Phi) is 12.5. The number of carbonyl (C=O) groups excluding carboxylic acids is 1. The molecule has 15 heteroatoms. The van der Waals surface area contributed by atoms with Crippen LogP contribution in [0.4, 0.5) is 10.3 Å². The van der Waals surface area contributed by atoms with Crippen LogP contribution in [0.25, 0.3) is 17.3 Å². The molecule has 0 unspecified atom stereocenters.